The largest absolute Gasteiger partial charge is 0.314 e. The molecule has 0 saturated carbocycles. The highest BCUT2D eigenvalue weighted by Gasteiger charge is 2.27. The van der Waals surface area contributed by atoms with E-state index in [9.17, 15) is 0 Å². The van der Waals surface area contributed by atoms with Gasteiger partial charge in [0.05, 0.1) is 0 Å². The van der Waals surface area contributed by atoms with Crippen LogP contribution in [0.5, 0.6) is 0 Å². The summed E-state index contributed by atoms with van der Waals surface area (Å²) in [5.74, 6) is 0. The molecule has 3 nitrogen and oxygen atoms in total. The van der Waals surface area contributed by atoms with Crippen LogP contribution < -0.4 is 10.6 Å². The molecule has 0 radical (unpaired) electrons. The second-order valence-electron chi connectivity index (χ2n) is 7.53. The van der Waals surface area contributed by atoms with Gasteiger partial charge in [-0.1, -0.05) is 0 Å². The Labute approximate surface area is 119 Å². The molecule has 2 atom stereocenters. The highest BCUT2D eigenvalue weighted by molar-refractivity contribution is 4.86. The minimum Gasteiger partial charge on any atom is -0.314 e. The molecule has 0 bridgehead atoms. The highest BCUT2D eigenvalue weighted by atomic mass is 15.2. The van der Waals surface area contributed by atoms with Gasteiger partial charge < -0.3 is 10.6 Å². The van der Waals surface area contributed by atoms with Crippen LogP contribution in [0.2, 0.25) is 0 Å². The van der Waals surface area contributed by atoms with Gasteiger partial charge in [-0.25, -0.2) is 0 Å². The molecule has 2 unspecified atom stereocenters. The molecule has 2 saturated heterocycles. The number of likely N-dealkylation sites (tertiary alicyclic amines) is 1. The van der Waals surface area contributed by atoms with Crippen LogP contribution in [0.1, 0.15) is 59.8 Å². The molecular weight excluding hydrogens is 234 g/mol. The monoisotopic (exact) mass is 267 g/mol. The molecule has 2 N–H and O–H groups in total. The van der Waals surface area contributed by atoms with Crippen LogP contribution in [0.15, 0.2) is 0 Å². The Hall–Kier alpha value is -0.120. The zero-order valence-electron chi connectivity index (χ0n) is 13.3. The molecule has 0 aromatic rings. The number of nitrogens with one attached hydrogen (secondary N) is 2. The first-order chi connectivity index (χ1) is 8.95. The normalized spacial score (nSPS) is 28.7. The Balaban J connectivity index is 1.67. The topological polar surface area (TPSA) is 27.3 Å². The van der Waals surface area contributed by atoms with E-state index in [0.29, 0.717) is 11.6 Å². The molecule has 0 aliphatic carbocycles. The zero-order chi connectivity index (χ0) is 13.9. The summed E-state index contributed by atoms with van der Waals surface area (Å²) < 4.78 is 0. The van der Waals surface area contributed by atoms with Crippen LogP contribution in [0.25, 0.3) is 0 Å². The van der Waals surface area contributed by atoms with Gasteiger partial charge in [0.15, 0.2) is 0 Å². The van der Waals surface area contributed by atoms with E-state index in [0.717, 1.165) is 12.1 Å². The fraction of sp³-hybridized carbons (Fsp3) is 1.00. The first-order valence-electron chi connectivity index (χ1n) is 8.19. The van der Waals surface area contributed by atoms with Crippen LogP contribution in [-0.4, -0.2) is 48.2 Å². The van der Waals surface area contributed by atoms with Crippen molar-refractivity contribution in [1.29, 1.82) is 0 Å². The van der Waals surface area contributed by atoms with E-state index in [2.05, 4.69) is 43.2 Å². The summed E-state index contributed by atoms with van der Waals surface area (Å²) in [6.07, 6.45) is 6.63. The maximum absolute atomic E-state index is 3.85. The van der Waals surface area contributed by atoms with Crippen LogP contribution in [0.4, 0.5) is 0 Å². The zero-order valence-corrected chi connectivity index (χ0v) is 13.3. The maximum Gasteiger partial charge on any atom is 0.0125 e. The standard InChI is InChI=1S/C16H33N3/c1-13(12-15-6-5-9-17-15)18-14-7-10-19(11-8-14)16(2,3)4/h13-15,17-18H,5-12H2,1-4H3. The minimum atomic E-state index is 0.338. The third-order valence-electron chi connectivity index (χ3n) is 4.76. The predicted molar refractivity (Wildman–Crippen MR) is 82.6 cm³/mol. The molecule has 2 aliphatic rings. The molecular formula is C16H33N3. The number of piperidine rings is 1. The van der Waals surface area contributed by atoms with Crippen LogP contribution in [0.3, 0.4) is 0 Å². The molecule has 0 aromatic carbocycles. The fourth-order valence-corrected chi connectivity index (χ4v) is 3.57. The summed E-state index contributed by atoms with van der Waals surface area (Å²) in [6, 6.07) is 2.15. The Morgan fingerprint density at radius 1 is 1.21 bits per heavy atom. The van der Waals surface area contributed by atoms with Gasteiger partial charge in [0.2, 0.25) is 0 Å². The van der Waals surface area contributed by atoms with Crippen LogP contribution in [0, 0.1) is 0 Å². The number of hydrogen-bond donors (Lipinski definition) is 2. The average Bonchev–Trinajstić information content (AvgIpc) is 2.81. The van der Waals surface area contributed by atoms with Crippen molar-refractivity contribution >= 4 is 0 Å². The van der Waals surface area contributed by atoms with Crippen molar-refractivity contribution in [3.8, 4) is 0 Å². The summed E-state index contributed by atoms with van der Waals surface area (Å²) in [5, 5.41) is 7.45. The maximum atomic E-state index is 3.85. The van der Waals surface area contributed by atoms with Crippen molar-refractivity contribution in [2.24, 2.45) is 0 Å². The van der Waals surface area contributed by atoms with Gasteiger partial charge in [-0.15, -0.1) is 0 Å². The number of nitrogens with zero attached hydrogens (tertiary/aromatic N) is 1. The average molecular weight is 267 g/mol. The Bertz CT molecular complexity index is 258. The molecule has 0 spiro atoms. The van der Waals surface area contributed by atoms with E-state index in [1.165, 1.54) is 51.7 Å². The summed E-state index contributed by atoms with van der Waals surface area (Å²) in [5.41, 5.74) is 0.338. The molecule has 0 aromatic heterocycles. The molecule has 2 heterocycles. The van der Waals surface area contributed by atoms with E-state index in [1.54, 1.807) is 0 Å². The Morgan fingerprint density at radius 2 is 1.89 bits per heavy atom. The predicted octanol–water partition coefficient (Wildman–Crippen LogP) is 2.37. The lowest BCUT2D eigenvalue weighted by Crippen LogP contribution is -2.51. The molecule has 19 heavy (non-hydrogen) atoms. The molecule has 2 aliphatic heterocycles. The Morgan fingerprint density at radius 3 is 2.42 bits per heavy atom. The Kier molecular flexibility index (Phi) is 5.27. The summed E-state index contributed by atoms with van der Waals surface area (Å²) >= 11 is 0. The summed E-state index contributed by atoms with van der Waals surface area (Å²) in [6.45, 7) is 13.1. The number of hydrogen-bond acceptors (Lipinski definition) is 3. The van der Waals surface area contributed by atoms with Crippen molar-refractivity contribution in [2.75, 3.05) is 19.6 Å². The first-order valence-corrected chi connectivity index (χ1v) is 8.19. The lowest BCUT2D eigenvalue weighted by atomic mass is 9.97. The van der Waals surface area contributed by atoms with E-state index in [4.69, 9.17) is 0 Å². The molecule has 3 heteroatoms. The van der Waals surface area contributed by atoms with Gasteiger partial charge in [0.1, 0.15) is 0 Å². The second-order valence-corrected chi connectivity index (χ2v) is 7.53. The lowest BCUT2D eigenvalue weighted by molar-refractivity contribution is 0.0937. The van der Waals surface area contributed by atoms with Gasteiger partial charge >= 0.3 is 0 Å². The highest BCUT2D eigenvalue weighted by Crippen LogP contribution is 2.21. The fourth-order valence-electron chi connectivity index (χ4n) is 3.57. The third kappa shape index (κ3) is 4.73. The van der Waals surface area contributed by atoms with Crippen molar-refractivity contribution < 1.29 is 0 Å². The van der Waals surface area contributed by atoms with Crippen molar-refractivity contribution in [3.05, 3.63) is 0 Å². The summed E-state index contributed by atoms with van der Waals surface area (Å²) in [4.78, 5) is 2.62. The van der Waals surface area contributed by atoms with Crippen molar-refractivity contribution in [3.63, 3.8) is 0 Å². The lowest BCUT2D eigenvalue weighted by Gasteiger charge is -2.41. The smallest absolute Gasteiger partial charge is 0.0125 e. The van der Waals surface area contributed by atoms with E-state index in [-0.39, 0.29) is 0 Å². The van der Waals surface area contributed by atoms with Gasteiger partial charge in [-0.2, -0.15) is 0 Å². The second kappa shape index (κ2) is 6.55. The van der Waals surface area contributed by atoms with E-state index >= 15 is 0 Å². The SMILES string of the molecule is CC(CC1CCCN1)NC1CCN(C(C)(C)C)CC1. The van der Waals surface area contributed by atoms with Gasteiger partial charge in [0.25, 0.3) is 0 Å². The number of rotatable bonds is 4. The molecule has 0 amide bonds. The summed E-state index contributed by atoms with van der Waals surface area (Å²) in [7, 11) is 0. The van der Waals surface area contributed by atoms with Crippen LogP contribution >= 0.6 is 0 Å². The van der Waals surface area contributed by atoms with Gasteiger partial charge in [-0.3, -0.25) is 4.90 Å². The molecule has 112 valence electrons. The van der Waals surface area contributed by atoms with Gasteiger partial charge in [-0.05, 0) is 66.3 Å². The first kappa shape index (κ1) is 15.3. The van der Waals surface area contributed by atoms with Crippen molar-refractivity contribution in [2.45, 2.75) is 83.5 Å². The van der Waals surface area contributed by atoms with E-state index in [1.807, 2.05) is 0 Å². The van der Waals surface area contributed by atoms with E-state index < -0.39 is 0 Å². The minimum absolute atomic E-state index is 0.338. The molecule has 2 rings (SSSR count). The van der Waals surface area contributed by atoms with Crippen LogP contribution in [-0.2, 0) is 0 Å². The third-order valence-corrected chi connectivity index (χ3v) is 4.76. The van der Waals surface area contributed by atoms with Gasteiger partial charge in [0, 0.05) is 36.8 Å². The quantitative estimate of drug-likeness (QED) is 0.819. The molecule has 2 fully saturated rings. The van der Waals surface area contributed by atoms with Crippen molar-refractivity contribution in [1.82, 2.24) is 15.5 Å².